The summed E-state index contributed by atoms with van der Waals surface area (Å²) in [5.74, 6) is -0.485. The van der Waals surface area contributed by atoms with Crippen LogP contribution in [-0.2, 0) is 17.8 Å². The highest BCUT2D eigenvalue weighted by Crippen LogP contribution is 2.35. The Kier molecular flexibility index (Phi) is 7.23. The fourth-order valence-corrected chi connectivity index (χ4v) is 4.81. The fourth-order valence-electron chi connectivity index (χ4n) is 4.81. The molecule has 5 aromatic rings. The first-order valence-corrected chi connectivity index (χ1v) is 12.3. The molecule has 1 N–H and O–H groups in total. The normalized spacial score (nSPS) is 11.9. The Morgan fingerprint density at radius 2 is 1.42 bits per heavy atom. The number of amides is 1. The first-order valence-electron chi connectivity index (χ1n) is 12.3. The van der Waals surface area contributed by atoms with Crippen molar-refractivity contribution in [2.45, 2.75) is 25.3 Å². The van der Waals surface area contributed by atoms with Crippen molar-refractivity contribution in [2.75, 3.05) is 6.54 Å². The first-order chi connectivity index (χ1) is 17.7. The van der Waals surface area contributed by atoms with Crippen LogP contribution in [0.3, 0.4) is 0 Å². The summed E-state index contributed by atoms with van der Waals surface area (Å²) in [7, 11) is 0. The van der Waals surface area contributed by atoms with Crippen molar-refractivity contribution < 1.29 is 9.18 Å². The molecule has 36 heavy (non-hydrogen) atoms. The summed E-state index contributed by atoms with van der Waals surface area (Å²) in [6.07, 6.45) is 3.23. The van der Waals surface area contributed by atoms with Gasteiger partial charge in [0.1, 0.15) is 5.82 Å². The molecule has 1 heterocycles. The van der Waals surface area contributed by atoms with Gasteiger partial charge in [0.2, 0.25) is 5.91 Å². The number of nitrogens with zero attached hydrogens (tertiary/aromatic N) is 1. The molecule has 4 aromatic carbocycles. The van der Waals surface area contributed by atoms with Crippen molar-refractivity contribution in [3.8, 4) is 0 Å². The lowest BCUT2D eigenvalue weighted by atomic mass is 9.88. The number of para-hydroxylation sites is 1. The summed E-state index contributed by atoms with van der Waals surface area (Å²) in [4.78, 5) is 13.1. The van der Waals surface area contributed by atoms with Crippen LogP contribution in [0.15, 0.2) is 115 Å². The largest absolute Gasteiger partial charge is 0.356 e. The van der Waals surface area contributed by atoms with E-state index < -0.39 is 0 Å². The van der Waals surface area contributed by atoms with Gasteiger partial charge < -0.3 is 9.88 Å². The van der Waals surface area contributed by atoms with Crippen LogP contribution in [0.25, 0.3) is 10.9 Å². The minimum Gasteiger partial charge on any atom is -0.356 e. The zero-order valence-corrected chi connectivity index (χ0v) is 20.1. The molecule has 1 amide bonds. The highest BCUT2D eigenvalue weighted by atomic mass is 19.1. The molecule has 0 aliphatic carbocycles. The van der Waals surface area contributed by atoms with Crippen molar-refractivity contribution in [1.29, 1.82) is 0 Å². The maximum Gasteiger partial charge on any atom is 0.220 e. The lowest BCUT2D eigenvalue weighted by Crippen LogP contribution is -2.27. The number of carbonyl (C=O) groups excluding carboxylic acids is 1. The van der Waals surface area contributed by atoms with E-state index in [-0.39, 0.29) is 17.6 Å². The number of hydrogen-bond donors (Lipinski definition) is 1. The van der Waals surface area contributed by atoms with Crippen molar-refractivity contribution in [3.05, 3.63) is 143 Å². The Labute approximate surface area is 211 Å². The molecule has 0 radical (unpaired) electrons. The highest BCUT2D eigenvalue weighted by Gasteiger charge is 2.23. The van der Waals surface area contributed by atoms with Crippen molar-refractivity contribution >= 4 is 16.8 Å². The maximum atomic E-state index is 13.8. The van der Waals surface area contributed by atoms with Crippen molar-refractivity contribution in [3.63, 3.8) is 0 Å². The fraction of sp³-hybridized carbons (Fsp3) is 0.156. The van der Waals surface area contributed by atoms with Crippen molar-refractivity contribution in [2.24, 2.45) is 0 Å². The molecule has 1 aromatic heterocycles. The number of halogens is 1. The summed E-state index contributed by atoms with van der Waals surface area (Å²) in [5, 5.41) is 4.20. The van der Waals surface area contributed by atoms with E-state index in [1.807, 2.05) is 48.5 Å². The number of aromatic nitrogens is 1. The summed E-state index contributed by atoms with van der Waals surface area (Å²) < 4.78 is 16.0. The molecule has 5 rings (SSSR count). The van der Waals surface area contributed by atoms with Crippen LogP contribution in [0.2, 0.25) is 0 Å². The highest BCUT2D eigenvalue weighted by molar-refractivity contribution is 5.86. The second-order valence-electron chi connectivity index (χ2n) is 9.11. The quantitative estimate of drug-likeness (QED) is 0.252. The van der Waals surface area contributed by atoms with Crippen LogP contribution in [0.5, 0.6) is 0 Å². The number of carbonyl (C=O) groups is 1. The molecule has 0 fully saturated rings. The summed E-state index contributed by atoms with van der Waals surface area (Å²) in [6.45, 7) is 1.31. The predicted molar refractivity (Wildman–Crippen MR) is 143 cm³/mol. The average Bonchev–Trinajstić information content (AvgIpc) is 3.27. The van der Waals surface area contributed by atoms with E-state index in [1.165, 1.54) is 23.3 Å². The molecule has 0 aliphatic heterocycles. The maximum absolute atomic E-state index is 13.8. The Hall–Kier alpha value is -4.18. The molecular weight excluding hydrogens is 447 g/mol. The van der Waals surface area contributed by atoms with Gasteiger partial charge in [-0.05, 0) is 46.9 Å². The van der Waals surface area contributed by atoms with Crippen molar-refractivity contribution in [1.82, 2.24) is 9.88 Å². The van der Waals surface area contributed by atoms with Crippen LogP contribution >= 0.6 is 0 Å². The molecule has 3 nitrogen and oxygen atoms in total. The van der Waals surface area contributed by atoms with Gasteiger partial charge in [0.25, 0.3) is 0 Å². The third-order valence-electron chi connectivity index (χ3n) is 6.63. The van der Waals surface area contributed by atoms with E-state index in [4.69, 9.17) is 0 Å². The Morgan fingerprint density at radius 1 is 0.778 bits per heavy atom. The molecular formula is C32H29FN2O. The van der Waals surface area contributed by atoms with E-state index in [2.05, 4.69) is 52.5 Å². The standard InChI is InChI=1S/C32H29FN2O/c33-27-17-15-26(16-18-27)29(21-32(36)34-20-19-24-9-3-1-4-10-24)30-23-35(22-25-11-5-2-6-12-25)31-14-8-7-13-28(30)31/h1-18,23,29H,19-22H2,(H,34,36)/t29-/m1/s1. The molecule has 4 heteroatoms. The predicted octanol–water partition coefficient (Wildman–Crippen LogP) is 6.71. The van der Waals surface area contributed by atoms with Crippen LogP contribution in [-0.4, -0.2) is 17.0 Å². The molecule has 0 saturated heterocycles. The summed E-state index contributed by atoms with van der Waals surface area (Å²) in [6, 6.07) is 35.3. The summed E-state index contributed by atoms with van der Waals surface area (Å²) >= 11 is 0. The number of nitrogens with one attached hydrogen (secondary N) is 1. The third-order valence-corrected chi connectivity index (χ3v) is 6.63. The molecule has 0 aliphatic rings. The molecule has 1 atom stereocenters. The number of rotatable bonds is 9. The van der Waals surface area contributed by atoms with E-state index in [1.54, 1.807) is 12.1 Å². The molecule has 0 bridgehead atoms. The van der Waals surface area contributed by atoms with Gasteiger partial charge in [-0.25, -0.2) is 4.39 Å². The van der Waals surface area contributed by atoms with Gasteiger partial charge in [0, 0.05) is 42.5 Å². The van der Waals surface area contributed by atoms with Crippen LogP contribution in [0.1, 0.15) is 34.6 Å². The molecule has 0 saturated carbocycles. The SMILES string of the molecule is O=C(C[C@H](c1ccc(F)cc1)c1cn(Cc2ccccc2)c2ccccc12)NCCc1ccccc1. The van der Waals surface area contributed by atoms with Gasteiger partial charge in [0.05, 0.1) is 0 Å². The van der Waals surface area contributed by atoms with E-state index in [0.717, 1.165) is 35.0 Å². The first kappa shape index (κ1) is 23.6. The lowest BCUT2D eigenvalue weighted by molar-refractivity contribution is -0.121. The van der Waals surface area contributed by atoms with Gasteiger partial charge in [-0.15, -0.1) is 0 Å². The van der Waals surface area contributed by atoms with Gasteiger partial charge >= 0.3 is 0 Å². The zero-order chi connectivity index (χ0) is 24.7. The van der Waals surface area contributed by atoms with E-state index >= 15 is 0 Å². The smallest absolute Gasteiger partial charge is 0.220 e. The number of benzene rings is 4. The second-order valence-corrected chi connectivity index (χ2v) is 9.11. The molecule has 0 spiro atoms. The number of fused-ring (bicyclic) bond motifs is 1. The molecule has 180 valence electrons. The monoisotopic (exact) mass is 476 g/mol. The van der Waals surface area contributed by atoms with Crippen LogP contribution < -0.4 is 5.32 Å². The van der Waals surface area contributed by atoms with Crippen LogP contribution in [0.4, 0.5) is 4.39 Å². The van der Waals surface area contributed by atoms with Gasteiger partial charge in [-0.1, -0.05) is 91.0 Å². The minimum absolute atomic E-state index is 0.0138. The van der Waals surface area contributed by atoms with E-state index in [9.17, 15) is 9.18 Å². The zero-order valence-electron chi connectivity index (χ0n) is 20.1. The van der Waals surface area contributed by atoms with Gasteiger partial charge in [-0.3, -0.25) is 4.79 Å². The Morgan fingerprint density at radius 3 is 2.14 bits per heavy atom. The topological polar surface area (TPSA) is 34.0 Å². The van der Waals surface area contributed by atoms with Crippen LogP contribution in [0, 0.1) is 5.82 Å². The lowest BCUT2D eigenvalue weighted by Gasteiger charge is -2.17. The third kappa shape index (κ3) is 5.55. The Balaban J connectivity index is 1.44. The molecule has 0 unspecified atom stereocenters. The summed E-state index contributed by atoms with van der Waals surface area (Å²) in [5.41, 5.74) is 5.52. The average molecular weight is 477 g/mol. The van der Waals surface area contributed by atoms with Gasteiger partial charge in [0.15, 0.2) is 0 Å². The number of hydrogen-bond acceptors (Lipinski definition) is 1. The van der Waals surface area contributed by atoms with E-state index in [0.29, 0.717) is 13.0 Å². The second kappa shape index (κ2) is 11.0. The minimum atomic E-state index is -0.281. The van der Waals surface area contributed by atoms with Gasteiger partial charge in [-0.2, -0.15) is 0 Å². The Bertz CT molecular complexity index is 1430.